The lowest BCUT2D eigenvalue weighted by atomic mass is 9.84. The van der Waals surface area contributed by atoms with E-state index in [1.54, 1.807) is 24.3 Å². The molecule has 7 heteroatoms. The monoisotopic (exact) mass is 415 g/mol. The highest BCUT2D eigenvalue weighted by molar-refractivity contribution is 5.89. The van der Waals surface area contributed by atoms with E-state index in [1.165, 1.54) is 12.0 Å². The molecule has 0 N–H and O–H groups in total. The highest BCUT2D eigenvalue weighted by Gasteiger charge is 2.72. The molecule has 30 heavy (non-hydrogen) atoms. The Labute approximate surface area is 173 Å². The van der Waals surface area contributed by atoms with Crippen LogP contribution in [0.3, 0.4) is 0 Å². The van der Waals surface area contributed by atoms with Gasteiger partial charge in [-0.3, -0.25) is 0 Å². The van der Waals surface area contributed by atoms with Crippen LogP contribution < -0.4 is 0 Å². The number of methoxy groups -OCH3 is 1. The Balaban J connectivity index is 1.54. The number of esters is 1. The van der Waals surface area contributed by atoms with E-state index >= 15 is 0 Å². The van der Waals surface area contributed by atoms with Gasteiger partial charge in [-0.15, -0.1) is 0 Å². The fourth-order valence-electron chi connectivity index (χ4n) is 4.22. The lowest BCUT2D eigenvalue weighted by Crippen LogP contribution is -2.43. The summed E-state index contributed by atoms with van der Waals surface area (Å²) in [5, 5.41) is 0. The molecule has 1 spiro atoms. The molecule has 1 heterocycles. The average molecular weight is 415 g/mol. The van der Waals surface area contributed by atoms with Crippen molar-refractivity contribution in [1.29, 1.82) is 0 Å². The number of carbonyl (C=O) groups is 2. The largest absolute Gasteiger partial charge is 0.465 e. The van der Waals surface area contributed by atoms with Crippen LogP contribution in [-0.2, 0) is 16.1 Å². The van der Waals surface area contributed by atoms with Crippen molar-refractivity contribution < 1.29 is 27.8 Å². The first-order valence-corrected chi connectivity index (χ1v) is 9.89. The molecular formula is C23H23F2NO4. The number of nitrogens with zero attached hydrogens (tertiary/aromatic N) is 1. The van der Waals surface area contributed by atoms with Crippen LogP contribution in [0.4, 0.5) is 13.6 Å². The van der Waals surface area contributed by atoms with Crippen LogP contribution in [0.1, 0.15) is 46.8 Å². The zero-order valence-corrected chi connectivity index (χ0v) is 16.6. The van der Waals surface area contributed by atoms with Crippen LogP contribution in [0, 0.1) is 5.41 Å². The second-order valence-electron chi connectivity index (χ2n) is 7.98. The first-order valence-electron chi connectivity index (χ1n) is 9.89. The molecule has 1 saturated heterocycles. The Bertz CT molecular complexity index is 932. The Morgan fingerprint density at radius 1 is 1.10 bits per heavy atom. The maximum absolute atomic E-state index is 14.1. The van der Waals surface area contributed by atoms with Crippen LogP contribution in [0.25, 0.3) is 0 Å². The second kappa shape index (κ2) is 7.70. The summed E-state index contributed by atoms with van der Waals surface area (Å²) in [7, 11) is 1.29. The predicted molar refractivity (Wildman–Crippen MR) is 105 cm³/mol. The van der Waals surface area contributed by atoms with Crippen molar-refractivity contribution in [3.63, 3.8) is 0 Å². The second-order valence-corrected chi connectivity index (χ2v) is 7.98. The van der Waals surface area contributed by atoms with Gasteiger partial charge in [0, 0.05) is 18.4 Å². The zero-order chi connectivity index (χ0) is 21.4. The highest BCUT2D eigenvalue weighted by Crippen LogP contribution is 2.68. The van der Waals surface area contributed by atoms with Crippen molar-refractivity contribution in [2.75, 3.05) is 13.7 Å². The van der Waals surface area contributed by atoms with Gasteiger partial charge in [0.2, 0.25) is 0 Å². The molecule has 2 aromatic carbocycles. The number of hydrogen-bond acceptors (Lipinski definition) is 4. The highest BCUT2D eigenvalue weighted by atomic mass is 19.3. The number of hydrogen-bond donors (Lipinski definition) is 0. The number of amides is 1. The summed E-state index contributed by atoms with van der Waals surface area (Å²) in [6.45, 7) is 0.318. The van der Waals surface area contributed by atoms with Crippen LogP contribution in [0.2, 0.25) is 0 Å². The molecule has 158 valence electrons. The van der Waals surface area contributed by atoms with Crippen molar-refractivity contribution >= 4 is 12.1 Å². The van der Waals surface area contributed by atoms with E-state index in [0.29, 0.717) is 11.1 Å². The standard InChI is InChI=1S/C23H23F2NO4/c1-29-20(27)18-9-7-17(8-10-18)19-13-22(15-23(22,24)25)11-12-26(19)21(28)30-14-16-5-3-2-4-6-16/h2-10,19H,11-15H2,1H3/t19-,22?/m0/s1. The first-order chi connectivity index (χ1) is 14.4. The summed E-state index contributed by atoms with van der Waals surface area (Å²) in [5.41, 5.74) is 0.851. The molecule has 0 bridgehead atoms. The summed E-state index contributed by atoms with van der Waals surface area (Å²) < 4.78 is 38.3. The number of likely N-dealkylation sites (tertiary alicyclic amines) is 1. The average Bonchev–Trinajstić information content (AvgIpc) is 3.30. The van der Waals surface area contributed by atoms with Gasteiger partial charge in [0.1, 0.15) is 6.61 Å². The van der Waals surface area contributed by atoms with Gasteiger partial charge in [0.15, 0.2) is 0 Å². The molecule has 0 aromatic heterocycles. The Kier molecular flexibility index (Phi) is 5.22. The molecule has 1 aliphatic heterocycles. The third-order valence-corrected chi connectivity index (χ3v) is 6.16. The molecule has 1 unspecified atom stereocenters. The summed E-state index contributed by atoms with van der Waals surface area (Å²) in [6.07, 6.45) is -0.265. The number of ether oxygens (including phenoxy) is 2. The van der Waals surface area contributed by atoms with Crippen LogP contribution >= 0.6 is 0 Å². The number of alkyl halides is 2. The Morgan fingerprint density at radius 3 is 2.37 bits per heavy atom. The summed E-state index contributed by atoms with van der Waals surface area (Å²) >= 11 is 0. The maximum Gasteiger partial charge on any atom is 0.410 e. The number of carbonyl (C=O) groups excluding carboxylic acids is 2. The van der Waals surface area contributed by atoms with Gasteiger partial charge in [0.05, 0.1) is 18.7 Å². The molecule has 1 saturated carbocycles. The van der Waals surface area contributed by atoms with E-state index in [9.17, 15) is 18.4 Å². The molecule has 5 nitrogen and oxygen atoms in total. The topological polar surface area (TPSA) is 55.8 Å². The summed E-state index contributed by atoms with van der Waals surface area (Å²) in [6, 6.07) is 15.3. The Morgan fingerprint density at radius 2 is 1.77 bits per heavy atom. The van der Waals surface area contributed by atoms with Crippen LogP contribution in [0.15, 0.2) is 54.6 Å². The van der Waals surface area contributed by atoms with E-state index < -0.39 is 29.4 Å². The zero-order valence-electron chi connectivity index (χ0n) is 16.6. The molecule has 2 aliphatic rings. The third-order valence-electron chi connectivity index (χ3n) is 6.16. The molecular weight excluding hydrogens is 392 g/mol. The minimum Gasteiger partial charge on any atom is -0.465 e. The lowest BCUT2D eigenvalue weighted by Gasteiger charge is -2.39. The minimum absolute atomic E-state index is 0.117. The van der Waals surface area contributed by atoms with Gasteiger partial charge >= 0.3 is 12.1 Å². The molecule has 1 aliphatic carbocycles. The maximum atomic E-state index is 14.1. The fourth-order valence-corrected chi connectivity index (χ4v) is 4.22. The number of piperidine rings is 1. The molecule has 2 fully saturated rings. The molecule has 1 amide bonds. The van der Waals surface area contributed by atoms with Gasteiger partial charge in [-0.05, 0) is 36.1 Å². The van der Waals surface area contributed by atoms with Crippen molar-refractivity contribution in [3.05, 3.63) is 71.3 Å². The van der Waals surface area contributed by atoms with E-state index in [2.05, 4.69) is 0 Å². The number of rotatable bonds is 4. The van der Waals surface area contributed by atoms with Crippen molar-refractivity contribution in [1.82, 2.24) is 4.90 Å². The first kappa shape index (κ1) is 20.3. The SMILES string of the molecule is COC(=O)c1ccc([C@@H]2CC3(CCN2C(=O)OCc2ccccc2)CC3(F)F)cc1. The normalized spacial score (nSPS) is 24.4. The van der Waals surface area contributed by atoms with Crippen LogP contribution in [-0.4, -0.2) is 36.5 Å². The number of halogens is 2. The fraction of sp³-hybridized carbons (Fsp3) is 0.391. The van der Waals surface area contributed by atoms with Crippen molar-refractivity contribution in [2.24, 2.45) is 5.41 Å². The quantitative estimate of drug-likeness (QED) is 0.662. The van der Waals surface area contributed by atoms with Gasteiger partial charge in [0.25, 0.3) is 5.92 Å². The van der Waals surface area contributed by atoms with Gasteiger partial charge in [-0.2, -0.15) is 0 Å². The van der Waals surface area contributed by atoms with Crippen LogP contribution in [0.5, 0.6) is 0 Å². The molecule has 4 rings (SSSR count). The van der Waals surface area contributed by atoms with Crippen molar-refractivity contribution in [2.45, 2.75) is 37.8 Å². The van der Waals surface area contributed by atoms with Gasteiger partial charge in [-0.25, -0.2) is 18.4 Å². The number of benzene rings is 2. The Hall–Kier alpha value is -2.96. The summed E-state index contributed by atoms with van der Waals surface area (Å²) in [5.74, 6) is -3.17. The lowest BCUT2D eigenvalue weighted by molar-refractivity contribution is 0.00419. The smallest absolute Gasteiger partial charge is 0.410 e. The molecule has 0 radical (unpaired) electrons. The third kappa shape index (κ3) is 3.76. The summed E-state index contributed by atoms with van der Waals surface area (Å²) in [4.78, 5) is 26.0. The van der Waals surface area contributed by atoms with Crippen molar-refractivity contribution in [3.8, 4) is 0 Å². The van der Waals surface area contributed by atoms with E-state index in [0.717, 1.165) is 5.56 Å². The molecule has 2 atom stereocenters. The molecule has 2 aromatic rings. The van der Waals surface area contributed by atoms with E-state index in [1.807, 2.05) is 30.3 Å². The van der Waals surface area contributed by atoms with E-state index in [4.69, 9.17) is 9.47 Å². The predicted octanol–water partition coefficient (Wildman–Crippen LogP) is 4.97. The van der Waals surface area contributed by atoms with Gasteiger partial charge < -0.3 is 14.4 Å². The minimum atomic E-state index is -2.70. The van der Waals surface area contributed by atoms with E-state index in [-0.39, 0.29) is 32.4 Å². The van der Waals surface area contributed by atoms with Gasteiger partial charge in [-0.1, -0.05) is 42.5 Å².